The highest BCUT2D eigenvalue weighted by atomic mass is 16.5. The van der Waals surface area contributed by atoms with E-state index in [1.807, 2.05) is 59.5 Å². The molecule has 2 saturated heterocycles. The van der Waals surface area contributed by atoms with E-state index in [0.29, 0.717) is 12.0 Å². The van der Waals surface area contributed by atoms with E-state index in [-0.39, 0.29) is 5.91 Å². The van der Waals surface area contributed by atoms with Crippen LogP contribution in [0.25, 0.3) is 0 Å². The molecule has 1 N–H and O–H groups in total. The number of carbonyl (C=O) groups excluding carboxylic acids is 1. The van der Waals surface area contributed by atoms with Crippen LogP contribution in [0.1, 0.15) is 35.2 Å². The Kier molecular flexibility index (Phi) is 4.93. The van der Waals surface area contributed by atoms with Gasteiger partial charge < -0.3 is 15.0 Å². The van der Waals surface area contributed by atoms with Gasteiger partial charge in [0.1, 0.15) is 12.4 Å². The number of hydrogen-bond donors (Lipinski definition) is 1. The van der Waals surface area contributed by atoms with Gasteiger partial charge in [-0.2, -0.15) is 0 Å². The van der Waals surface area contributed by atoms with Crippen molar-refractivity contribution in [2.75, 3.05) is 26.2 Å². The minimum atomic E-state index is 0.154. The van der Waals surface area contributed by atoms with Crippen LogP contribution in [0, 0.1) is 5.41 Å². The van der Waals surface area contributed by atoms with Gasteiger partial charge in [0.25, 0.3) is 5.91 Å². The van der Waals surface area contributed by atoms with Gasteiger partial charge in [0.15, 0.2) is 0 Å². The van der Waals surface area contributed by atoms with Crippen LogP contribution in [0.15, 0.2) is 54.6 Å². The summed E-state index contributed by atoms with van der Waals surface area (Å²) in [5.41, 5.74) is 2.28. The lowest BCUT2D eigenvalue weighted by atomic mass is 9.78. The number of hydrogen-bond acceptors (Lipinski definition) is 3. The Morgan fingerprint density at radius 3 is 2.38 bits per heavy atom. The zero-order chi connectivity index (χ0) is 17.8. The van der Waals surface area contributed by atoms with Gasteiger partial charge in [-0.3, -0.25) is 4.79 Å². The summed E-state index contributed by atoms with van der Waals surface area (Å²) >= 11 is 0. The van der Waals surface area contributed by atoms with E-state index in [9.17, 15) is 4.79 Å². The van der Waals surface area contributed by atoms with E-state index in [4.69, 9.17) is 4.74 Å². The Balaban J connectivity index is 1.32. The largest absolute Gasteiger partial charge is 0.489 e. The zero-order valence-electron chi connectivity index (χ0n) is 15.1. The van der Waals surface area contributed by atoms with Crippen LogP contribution in [0.2, 0.25) is 0 Å². The minimum Gasteiger partial charge on any atom is -0.489 e. The van der Waals surface area contributed by atoms with Crippen LogP contribution in [0.3, 0.4) is 0 Å². The van der Waals surface area contributed by atoms with Crippen molar-refractivity contribution in [3.63, 3.8) is 0 Å². The first-order chi connectivity index (χ1) is 12.7. The van der Waals surface area contributed by atoms with Gasteiger partial charge >= 0.3 is 0 Å². The van der Waals surface area contributed by atoms with Crippen molar-refractivity contribution in [3.8, 4) is 5.75 Å². The number of ether oxygens (including phenoxy) is 1. The number of nitrogens with one attached hydrogen (secondary N) is 1. The van der Waals surface area contributed by atoms with Crippen molar-refractivity contribution in [1.29, 1.82) is 0 Å². The summed E-state index contributed by atoms with van der Waals surface area (Å²) in [7, 11) is 0. The number of nitrogens with zero attached hydrogens (tertiary/aromatic N) is 1. The molecule has 2 aromatic rings. The SMILES string of the molecule is O=C(c1ccc(COc2ccccc2)cc1)N1CCC2(CCNC2)CC1. The van der Waals surface area contributed by atoms with E-state index >= 15 is 0 Å². The normalized spacial score (nSPS) is 18.8. The molecule has 4 rings (SSSR count). The van der Waals surface area contributed by atoms with Crippen molar-refractivity contribution in [2.45, 2.75) is 25.9 Å². The highest BCUT2D eigenvalue weighted by Gasteiger charge is 2.38. The van der Waals surface area contributed by atoms with Crippen LogP contribution < -0.4 is 10.1 Å². The Bertz CT molecular complexity index is 726. The molecule has 136 valence electrons. The lowest BCUT2D eigenvalue weighted by molar-refractivity contribution is 0.0607. The van der Waals surface area contributed by atoms with Gasteiger partial charge in [-0.25, -0.2) is 0 Å². The molecule has 2 aliphatic rings. The summed E-state index contributed by atoms with van der Waals surface area (Å²) in [6.07, 6.45) is 3.49. The first-order valence-corrected chi connectivity index (χ1v) is 9.51. The topological polar surface area (TPSA) is 41.6 Å². The highest BCUT2D eigenvalue weighted by Crippen LogP contribution is 2.37. The van der Waals surface area contributed by atoms with Crippen molar-refractivity contribution >= 4 is 5.91 Å². The summed E-state index contributed by atoms with van der Waals surface area (Å²) in [6, 6.07) is 17.6. The maximum Gasteiger partial charge on any atom is 0.253 e. The fourth-order valence-corrected chi connectivity index (χ4v) is 4.02. The van der Waals surface area contributed by atoms with Crippen molar-refractivity contribution in [3.05, 3.63) is 65.7 Å². The maximum absolute atomic E-state index is 12.8. The summed E-state index contributed by atoms with van der Waals surface area (Å²) < 4.78 is 5.76. The summed E-state index contributed by atoms with van der Waals surface area (Å²) in [4.78, 5) is 14.8. The fraction of sp³-hybridized carbons (Fsp3) is 0.409. The molecular weight excluding hydrogens is 324 g/mol. The molecule has 0 radical (unpaired) electrons. The average molecular weight is 350 g/mol. The predicted octanol–water partition coefficient (Wildman–Crippen LogP) is 3.48. The second-order valence-corrected chi connectivity index (χ2v) is 7.52. The molecule has 0 atom stereocenters. The molecule has 0 unspecified atom stereocenters. The number of para-hydroxylation sites is 1. The standard InChI is InChI=1S/C22H26N2O2/c25-21(24-14-11-22(12-15-24)10-13-23-17-22)19-8-6-18(7-9-19)16-26-20-4-2-1-3-5-20/h1-9,23H,10-17H2. The van der Waals surface area contributed by atoms with E-state index in [1.165, 1.54) is 6.42 Å². The van der Waals surface area contributed by atoms with E-state index in [1.54, 1.807) is 0 Å². The molecule has 2 aromatic carbocycles. The molecule has 2 aliphatic heterocycles. The Hall–Kier alpha value is -2.33. The van der Waals surface area contributed by atoms with Gasteiger partial charge in [0, 0.05) is 25.2 Å². The number of carbonyl (C=O) groups is 1. The molecule has 0 aromatic heterocycles. The summed E-state index contributed by atoms with van der Waals surface area (Å²) in [6.45, 7) is 4.50. The Labute approximate surface area is 155 Å². The van der Waals surface area contributed by atoms with E-state index in [0.717, 1.165) is 55.9 Å². The predicted molar refractivity (Wildman–Crippen MR) is 102 cm³/mol. The summed E-state index contributed by atoms with van der Waals surface area (Å²) in [5.74, 6) is 1.01. The van der Waals surface area contributed by atoms with E-state index < -0.39 is 0 Å². The molecule has 1 spiro atoms. The van der Waals surface area contributed by atoms with E-state index in [2.05, 4.69) is 5.32 Å². The van der Waals surface area contributed by atoms with Gasteiger partial charge in [-0.15, -0.1) is 0 Å². The smallest absolute Gasteiger partial charge is 0.253 e. The van der Waals surface area contributed by atoms with Crippen molar-refractivity contribution < 1.29 is 9.53 Å². The molecule has 26 heavy (non-hydrogen) atoms. The first kappa shape index (κ1) is 17.1. The number of amides is 1. The minimum absolute atomic E-state index is 0.154. The molecular formula is C22H26N2O2. The number of rotatable bonds is 4. The monoisotopic (exact) mass is 350 g/mol. The molecule has 2 fully saturated rings. The molecule has 0 aliphatic carbocycles. The lowest BCUT2D eigenvalue weighted by Gasteiger charge is -2.38. The third kappa shape index (κ3) is 3.75. The molecule has 4 nitrogen and oxygen atoms in total. The fourth-order valence-electron chi connectivity index (χ4n) is 4.02. The van der Waals surface area contributed by atoms with Crippen molar-refractivity contribution in [2.24, 2.45) is 5.41 Å². The first-order valence-electron chi connectivity index (χ1n) is 9.51. The zero-order valence-corrected chi connectivity index (χ0v) is 15.1. The second kappa shape index (κ2) is 7.50. The number of benzene rings is 2. The van der Waals surface area contributed by atoms with Gasteiger partial charge in [-0.1, -0.05) is 30.3 Å². The quantitative estimate of drug-likeness (QED) is 0.918. The second-order valence-electron chi connectivity index (χ2n) is 7.52. The van der Waals surface area contributed by atoms with Crippen molar-refractivity contribution in [1.82, 2.24) is 10.2 Å². The van der Waals surface area contributed by atoms with Crippen LogP contribution in [-0.2, 0) is 6.61 Å². The lowest BCUT2D eigenvalue weighted by Crippen LogP contribution is -2.44. The Morgan fingerprint density at radius 2 is 1.73 bits per heavy atom. The maximum atomic E-state index is 12.8. The molecule has 1 amide bonds. The highest BCUT2D eigenvalue weighted by molar-refractivity contribution is 5.94. The molecule has 4 heteroatoms. The number of piperidine rings is 1. The van der Waals surface area contributed by atoms with Crippen LogP contribution in [0.4, 0.5) is 0 Å². The molecule has 2 heterocycles. The van der Waals surface area contributed by atoms with Crippen LogP contribution in [0.5, 0.6) is 5.75 Å². The van der Waals surface area contributed by atoms with Gasteiger partial charge in [-0.05, 0) is 61.1 Å². The van der Waals surface area contributed by atoms with Gasteiger partial charge in [0.05, 0.1) is 0 Å². The Morgan fingerprint density at radius 1 is 1.00 bits per heavy atom. The summed E-state index contributed by atoms with van der Waals surface area (Å²) in [5, 5.41) is 3.47. The molecule has 0 saturated carbocycles. The van der Waals surface area contributed by atoms with Crippen LogP contribution in [-0.4, -0.2) is 37.0 Å². The molecule has 0 bridgehead atoms. The number of likely N-dealkylation sites (tertiary alicyclic amines) is 1. The average Bonchev–Trinajstić information content (AvgIpc) is 3.16. The van der Waals surface area contributed by atoms with Gasteiger partial charge in [0.2, 0.25) is 0 Å². The third-order valence-corrected chi connectivity index (χ3v) is 5.79. The van der Waals surface area contributed by atoms with Crippen LogP contribution >= 0.6 is 0 Å². The third-order valence-electron chi connectivity index (χ3n) is 5.79.